The van der Waals surface area contributed by atoms with E-state index in [1.807, 2.05) is 0 Å². The topological polar surface area (TPSA) is 200 Å². The Labute approximate surface area is 246 Å². The van der Waals surface area contributed by atoms with E-state index in [2.05, 4.69) is 11.9 Å². The Balaban J connectivity index is 1.58. The molecular weight excluding hydrogens is 558 g/mol. The van der Waals surface area contributed by atoms with E-state index in [1.165, 1.54) is 17.0 Å². The number of likely N-dealkylation sites (N-methyl/N-ethyl adjacent to an activating group) is 1. The first-order valence-electron chi connectivity index (χ1n) is 13.5. The highest BCUT2D eigenvalue weighted by Gasteiger charge is 2.63. The first-order chi connectivity index (χ1) is 20.3. The lowest BCUT2D eigenvalue weighted by atomic mass is 9.58. The second-order valence-corrected chi connectivity index (χ2v) is 11.0. The number of phenols is 1. The van der Waals surface area contributed by atoms with Gasteiger partial charge in [0.15, 0.2) is 11.4 Å². The van der Waals surface area contributed by atoms with Crippen molar-refractivity contribution < 1.29 is 44.3 Å². The monoisotopic (exact) mass is 589 g/mol. The predicted molar refractivity (Wildman–Crippen MR) is 154 cm³/mol. The zero-order valence-electron chi connectivity index (χ0n) is 23.5. The highest BCUT2D eigenvalue weighted by atomic mass is 16.5. The molecule has 0 aliphatic heterocycles. The van der Waals surface area contributed by atoms with Crippen LogP contribution in [0.15, 0.2) is 71.7 Å². The van der Waals surface area contributed by atoms with Crippen LogP contribution < -0.4 is 11.1 Å². The van der Waals surface area contributed by atoms with Crippen LogP contribution in [-0.2, 0) is 20.7 Å². The van der Waals surface area contributed by atoms with Gasteiger partial charge in [-0.15, -0.1) is 0 Å². The molecule has 2 amide bonds. The zero-order valence-corrected chi connectivity index (χ0v) is 23.5. The molecule has 3 aliphatic carbocycles. The van der Waals surface area contributed by atoms with Gasteiger partial charge in [0, 0.05) is 17.2 Å². The van der Waals surface area contributed by atoms with Crippen molar-refractivity contribution in [2.45, 2.75) is 24.5 Å². The van der Waals surface area contributed by atoms with E-state index in [0.29, 0.717) is 22.4 Å². The number of benzene rings is 2. The van der Waals surface area contributed by atoms with Crippen molar-refractivity contribution in [3.63, 3.8) is 0 Å². The van der Waals surface area contributed by atoms with Crippen LogP contribution in [0.25, 0.3) is 11.1 Å². The Morgan fingerprint density at radius 2 is 1.81 bits per heavy atom. The number of fused-ring (bicyclic) bond motifs is 3. The summed E-state index contributed by atoms with van der Waals surface area (Å²) >= 11 is 0. The molecule has 4 atom stereocenters. The molecule has 0 heterocycles. The first-order valence-corrected chi connectivity index (χ1v) is 13.5. The summed E-state index contributed by atoms with van der Waals surface area (Å²) in [5, 5.41) is 47.4. The van der Waals surface area contributed by atoms with Gasteiger partial charge in [0.1, 0.15) is 29.4 Å². The van der Waals surface area contributed by atoms with E-state index in [1.54, 1.807) is 44.4 Å². The summed E-state index contributed by atoms with van der Waals surface area (Å²) in [6.45, 7) is 3.54. The molecule has 0 radical (unpaired) electrons. The van der Waals surface area contributed by atoms with Gasteiger partial charge in [-0.1, -0.05) is 30.9 Å². The number of nitrogens with one attached hydrogen (secondary N) is 1. The Morgan fingerprint density at radius 1 is 1.14 bits per heavy atom. The maximum atomic E-state index is 13.9. The molecule has 0 saturated carbocycles. The number of Topliss-reactive ketones (excluding diaryl/α,β-unsaturated/α-hetero) is 2. The normalized spacial score (nSPS) is 24.7. The molecule has 2 aromatic rings. The quantitative estimate of drug-likeness (QED) is 0.215. The fourth-order valence-electron chi connectivity index (χ4n) is 6.54. The lowest BCUT2D eigenvalue weighted by Crippen LogP contribution is -2.63. The summed E-state index contributed by atoms with van der Waals surface area (Å²) in [5.74, 6) is -7.06. The third-order valence-corrected chi connectivity index (χ3v) is 8.38. The van der Waals surface area contributed by atoms with Crippen LogP contribution in [0.4, 0.5) is 10.5 Å². The molecule has 12 nitrogen and oxygen atoms in total. The fourth-order valence-corrected chi connectivity index (χ4v) is 6.54. The molecular formula is C31H31N3O9. The van der Waals surface area contributed by atoms with Crippen molar-refractivity contribution in [1.29, 1.82) is 0 Å². The fraction of sp³-hybridized carbons (Fsp3) is 0.290. The predicted octanol–water partition coefficient (Wildman–Crippen LogP) is 2.52. The Morgan fingerprint density at radius 3 is 2.42 bits per heavy atom. The number of allylic oxidation sites excluding steroid dienone is 1. The van der Waals surface area contributed by atoms with Gasteiger partial charge in [-0.2, -0.15) is 0 Å². The van der Waals surface area contributed by atoms with Gasteiger partial charge in [0.25, 0.3) is 5.91 Å². The van der Waals surface area contributed by atoms with Crippen LogP contribution in [0.1, 0.15) is 22.3 Å². The van der Waals surface area contributed by atoms with Gasteiger partial charge < -0.3 is 30.9 Å². The molecule has 0 bridgehead atoms. The number of amides is 2. The molecule has 12 heteroatoms. The molecule has 5 rings (SSSR count). The number of phenolic OH excluding ortho intramolecular Hbond substituents is 1. The van der Waals surface area contributed by atoms with Crippen LogP contribution in [0.2, 0.25) is 0 Å². The summed E-state index contributed by atoms with van der Waals surface area (Å²) in [6.07, 6.45) is 0.913. The SMILES string of the molecule is C=CCOC(=O)Nc1ccc(-c2ccc(O)c3c2CC2CC4C(N(C)C)C(O)=C(C(N)=O)C(=O)C4(O)C(O)=C2C3=O)cc1. The van der Waals surface area contributed by atoms with Crippen molar-refractivity contribution in [2.75, 3.05) is 26.0 Å². The number of aliphatic hydroxyl groups excluding tert-OH is 2. The van der Waals surface area contributed by atoms with E-state index in [-0.39, 0.29) is 36.3 Å². The highest BCUT2D eigenvalue weighted by Crippen LogP contribution is 2.53. The number of rotatable bonds is 6. The molecule has 0 saturated heterocycles. The van der Waals surface area contributed by atoms with E-state index >= 15 is 0 Å². The second-order valence-electron chi connectivity index (χ2n) is 11.0. The summed E-state index contributed by atoms with van der Waals surface area (Å²) in [7, 11) is 3.14. The number of aliphatic hydroxyl groups is 3. The average Bonchev–Trinajstić information content (AvgIpc) is 2.94. The number of nitrogens with two attached hydrogens (primary N) is 1. The molecule has 2 aromatic carbocycles. The summed E-state index contributed by atoms with van der Waals surface area (Å²) in [5.41, 5.74) is 3.73. The number of primary amides is 1. The molecule has 43 heavy (non-hydrogen) atoms. The van der Waals surface area contributed by atoms with Crippen molar-refractivity contribution in [1.82, 2.24) is 4.90 Å². The number of hydrogen-bond acceptors (Lipinski definition) is 10. The molecule has 0 spiro atoms. The summed E-state index contributed by atoms with van der Waals surface area (Å²) in [6, 6.07) is 8.64. The average molecular weight is 590 g/mol. The van der Waals surface area contributed by atoms with E-state index in [0.717, 1.165) is 0 Å². The van der Waals surface area contributed by atoms with Crippen LogP contribution in [0.3, 0.4) is 0 Å². The standard InChI is InChI=1S/C31H31N3O9/c1-4-11-43-30(41)33-16-7-5-14(6-8-16)17-9-10-20(35)22-18(17)12-15-13-19-24(34(2)3)26(37)23(29(32)40)28(39)31(19,42)27(38)21(15)25(22)36/h4-10,15,19,24,35,37-38,42H,1,11-13H2,2-3H3,(H2,32,40)(H,33,41). The molecule has 7 N–H and O–H groups in total. The number of ketones is 2. The minimum Gasteiger partial charge on any atom is -0.510 e. The number of hydrogen-bond donors (Lipinski definition) is 6. The van der Waals surface area contributed by atoms with Crippen molar-refractivity contribution in [3.05, 3.63) is 82.8 Å². The summed E-state index contributed by atoms with van der Waals surface area (Å²) < 4.78 is 4.92. The van der Waals surface area contributed by atoms with Crippen LogP contribution >= 0.6 is 0 Å². The number of anilines is 1. The van der Waals surface area contributed by atoms with Gasteiger partial charge in [0.05, 0.1) is 11.6 Å². The molecule has 3 aliphatic rings. The minimum atomic E-state index is -2.70. The highest BCUT2D eigenvalue weighted by molar-refractivity contribution is 6.25. The number of ether oxygens (including phenoxy) is 1. The second kappa shape index (κ2) is 10.7. The minimum absolute atomic E-state index is 0.0173. The van der Waals surface area contributed by atoms with E-state index in [4.69, 9.17) is 10.5 Å². The van der Waals surface area contributed by atoms with Gasteiger partial charge in [-0.25, -0.2) is 4.79 Å². The molecule has 0 fully saturated rings. The van der Waals surface area contributed by atoms with Crippen molar-refractivity contribution in [3.8, 4) is 16.9 Å². The summed E-state index contributed by atoms with van der Waals surface area (Å²) in [4.78, 5) is 52.8. The zero-order chi connectivity index (χ0) is 31.4. The smallest absolute Gasteiger partial charge is 0.411 e. The van der Waals surface area contributed by atoms with Gasteiger partial charge in [-0.05, 0) is 67.7 Å². The number of carbonyl (C=O) groups excluding carboxylic acids is 4. The lowest BCUT2D eigenvalue weighted by molar-refractivity contribution is -0.148. The first kappa shape index (κ1) is 29.5. The maximum absolute atomic E-state index is 13.9. The molecule has 4 unspecified atom stereocenters. The molecule has 224 valence electrons. The maximum Gasteiger partial charge on any atom is 0.411 e. The van der Waals surface area contributed by atoms with Crippen LogP contribution in [0.5, 0.6) is 5.75 Å². The lowest BCUT2D eigenvalue weighted by Gasteiger charge is -2.50. The van der Waals surface area contributed by atoms with Gasteiger partial charge in [0.2, 0.25) is 5.78 Å². The molecule has 0 aromatic heterocycles. The van der Waals surface area contributed by atoms with Crippen LogP contribution in [0, 0.1) is 11.8 Å². The number of nitrogens with zero attached hydrogens (tertiary/aromatic N) is 1. The van der Waals surface area contributed by atoms with Crippen LogP contribution in [-0.4, -0.2) is 81.2 Å². The third-order valence-electron chi connectivity index (χ3n) is 8.38. The third kappa shape index (κ3) is 4.55. The number of aromatic hydroxyl groups is 1. The largest absolute Gasteiger partial charge is 0.510 e. The van der Waals surface area contributed by atoms with Gasteiger partial charge >= 0.3 is 6.09 Å². The van der Waals surface area contributed by atoms with E-state index < -0.39 is 64.1 Å². The Hall–Kier alpha value is -4.94. The Kier molecular flexibility index (Phi) is 7.36. The van der Waals surface area contributed by atoms with Gasteiger partial charge in [-0.3, -0.25) is 24.6 Å². The number of carbonyl (C=O) groups is 4. The Bertz CT molecular complexity index is 1640. The van der Waals surface area contributed by atoms with Crippen molar-refractivity contribution in [2.24, 2.45) is 17.6 Å². The van der Waals surface area contributed by atoms with E-state index in [9.17, 15) is 39.6 Å². The van der Waals surface area contributed by atoms with Crippen molar-refractivity contribution >= 4 is 29.3 Å².